The highest BCUT2D eigenvalue weighted by Gasteiger charge is 2.35. The van der Waals surface area contributed by atoms with Gasteiger partial charge in [-0.1, -0.05) is 46.8 Å². The van der Waals surface area contributed by atoms with Gasteiger partial charge in [0.05, 0.1) is 12.0 Å². The molecular formula is C52H91N17O12. The number of carbonyl (C=O) groups excluding carboxylic acids is 10. The van der Waals surface area contributed by atoms with Crippen LogP contribution < -0.4 is 82.7 Å². The number of guanidine groups is 2. The minimum Gasteiger partial charge on any atom is -0.508 e. The lowest BCUT2D eigenvalue weighted by Crippen LogP contribution is -2.60. The average molecular weight is 1150 g/mol. The summed E-state index contributed by atoms with van der Waals surface area (Å²) in [6.45, 7) is 11.8. The minimum absolute atomic E-state index is 0.00834. The zero-order valence-electron chi connectivity index (χ0n) is 47.8. The van der Waals surface area contributed by atoms with Crippen LogP contribution in [-0.2, 0) is 54.4 Å². The predicted octanol–water partition coefficient (Wildman–Crippen LogP) is -4.07. The highest BCUT2D eigenvalue weighted by atomic mass is 16.3. The van der Waals surface area contributed by atoms with E-state index in [0.29, 0.717) is 18.4 Å². The van der Waals surface area contributed by atoms with Crippen molar-refractivity contribution in [1.29, 1.82) is 0 Å². The fourth-order valence-corrected chi connectivity index (χ4v) is 7.92. The van der Waals surface area contributed by atoms with E-state index in [-0.39, 0.29) is 107 Å². The monoisotopic (exact) mass is 1150 g/mol. The van der Waals surface area contributed by atoms with Crippen molar-refractivity contribution in [3.8, 4) is 5.75 Å². The molecule has 10 amide bonds. The first kappa shape index (κ1) is 71.2. The number of hydrogen-bond acceptors (Lipinski definition) is 15. The summed E-state index contributed by atoms with van der Waals surface area (Å²) in [6, 6.07) is -4.95. The second-order valence-corrected chi connectivity index (χ2v) is 20.9. The number of rotatable bonds is 39. The number of aliphatic hydroxyl groups is 1. The molecule has 29 heteroatoms. The van der Waals surface area contributed by atoms with Crippen LogP contribution in [-0.4, -0.2) is 155 Å². The van der Waals surface area contributed by atoms with Gasteiger partial charge in [-0.2, -0.15) is 0 Å². The van der Waals surface area contributed by atoms with Crippen molar-refractivity contribution < 1.29 is 58.2 Å². The summed E-state index contributed by atoms with van der Waals surface area (Å²) in [4.78, 5) is 143. The van der Waals surface area contributed by atoms with Gasteiger partial charge in [0, 0.05) is 25.9 Å². The smallest absolute Gasteiger partial charge is 0.243 e. The Hall–Kier alpha value is -7.82. The number of aromatic hydroxyl groups is 1. The fraction of sp³-hybridized carbons (Fsp3) is 0.654. The molecule has 1 rings (SSSR count). The van der Waals surface area contributed by atoms with Crippen LogP contribution >= 0.6 is 0 Å². The van der Waals surface area contributed by atoms with Crippen LogP contribution in [0.25, 0.3) is 0 Å². The van der Waals surface area contributed by atoms with Crippen molar-refractivity contribution in [2.45, 2.75) is 180 Å². The van der Waals surface area contributed by atoms with Crippen LogP contribution in [0.2, 0.25) is 0 Å². The molecule has 10 atom stereocenters. The summed E-state index contributed by atoms with van der Waals surface area (Å²) in [5.41, 5.74) is 39.1. The summed E-state index contributed by atoms with van der Waals surface area (Å²) >= 11 is 0. The summed E-state index contributed by atoms with van der Waals surface area (Å²) in [6.07, 6.45) is -0.655. The van der Waals surface area contributed by atoms with Gasteiger partial charge >= 0.3 is 0 Å². The summed E-state index contributed by atoms with van der Waals surface area (Å²) < 4.78 is 0. The first-order valence-corrected chi connectivity index (χ1v) is 27.2. The number of unbranched alkanes of at least 4 members (excludes halogenated alkanes) is 1. The van der Waals surface area contributed by atoms with Gasteiger partial charge in [-0.25, -0.2) is 0 Å². The van der Waals surface area contributed by atoms with Gasteiger partial charge in [0.25, 0.3) is 0 Å². The van der Waals surface area contributed by atoms with Gasteiger partial charge in [0.2, 0.25) is 59.1 Å². The molecule has 0 radical (unpaired) electrons. The van der Waals surface area contributed by atoms with Gasteiger partial charge in [-0.3, -0.25) is 57.9 Å². The largest absolute Gasteiger partial charge is 0.508 e. The Morgan fingerprint density at radius 2 is 0.852 bits per heavy atom. The van der Waals surface area contributed by atoms with Crippen LogP contribution in [0.3, 0.4) is 0 Å². The normalized spacial score (nSPS) is 14.8. The molecule has 1 aromatic carbocycles. The van der Waals surface area contributed by atoms with Crippen LogP contribution in [0.1, 0.15) is 125 Å². The molecule has 24 N–H and O–H groups in total. The Labute approximate surface area is 473 Å². The molecule has 81 heavy (non-hydrogen) atoms. The van der Waals surface area contributed by atoms with Crippen molar-refractivity contribution in [3.05, 3.63) is 29.8 Å². The molecule has 0 unspecified atom stereocenters. The van der Waals surface area contributed by atoms with E-state index in [1.54, 1.807) is 0 Å². The van der Waals surface area contributed by atoms with E-state index in [1.807, 2.05) is 27.7 Å². The molecule has 0 aliphatic rings. The average Bonchev–Trinajstić information content (AvgIpc) is 3.40. The van der Waals surface area contributed by atoms with Crippen molar-refractivity contribution in [1.82, 2.24) is 42.5 Å². The molecule has 29 nitrogen and oxygen atoms in total. The first-order chi connectivity index (χ1) is 37.9. The molecule has 456 valence electrons. The third-order valence-corrected chi connectivity index (χ3v) is 12.7. The molecule has 0 bridgehead atoms. The number of phenols is 1. The quantitative estimate of drug-likeness (QED) is 0.0169. The molecule has 0 aliphatic carbocycles. The lowest BCUT2D eigenvalue weighted by atomic mass is 9.99. The van der Waals surface area contributed by atoms with Gasteiger partial charge in [0.1, 0.15) is 54.1 Å². The van der Waals surface area contributed by atoms with E-state index < -0.39 is 126 Å². The predicted molar refractivity (Wildman–Crippen MR) is 303 cm³/mol. The number of benzene rings is 1. The van der Waals surface area contributed by atoms with Gasteiger partial charge in [-0.15, -0.1) is 0 Å². The summed E-state index contributed by atoms with van der Waals surface area (Å²) in [5.74, 6) is -9.82. The van der Waals surface area contributed by atoms with E-state index in [0.717, 1.165) is 0 Å². The number of aliphatic imine (C=N–C) groups is 2. The SMILES string of the molecule is CC(C)C[C@H](NC(=O)[C@H](CC(C)C)NC(=O)[C@H](CCCCN)NC(=O)[C@H](CCCN=C(N)N)NC(=O)[C@H](Cc1ccc(O)cc1)NC(=O)[C@H](C)NC(=O)[C@H](CCC(N)=O)NC(=O)[C@H](CCCN=C(N)N)NC(=O)[C@@H](C)[C@@H](C)O)C(N)=O. The number of hydrogen-bond donors (Lipinski definition) is 17. The summed E-state index contributed by atoms with van der Waals surface area (Å²) in [7, 11) is 0. The number of nitrogens with two attached hydrogens (primary N) is 7. The maximum Gasteiger partial charge on any atom is 0.243 e. The maximum atomic E-state index is 14.5. The Morgan fingerprint density at radius 1 is 0.469 bits per heavy atom. The lowest BCUT2D eigenvalue weighted by molar-refractivity contribution is -0.136. The van der Waals surface area contributed by atoms with Gasteiger partial charge in [-0.05, 0) is 114 Å². The molecule has 0 saturated carbocycles. The van der Waals surface area contributed by atoms with Gasteiger partial charge < -0.3 is 92.9 Å². The van der Waals surface area contributed by atoms with Crippen LogP contribution in [0.5, 0.6) is 5.75 Å². The van der Waals surface area contributed by atoms with Gasteiger partial charge in [0.15, 0.2) is 11.9 Å². The van der Waals surface area contributed by atoms with E-state index in [1.165, 1.54) is 45.0 Å². The zero-order chi connectivity index (χ0) is 61.5. The number of nitrogens with one attached hydrogen (secondary N) is 8. The minimum atomic E-state index is -1.51. The Kier molecular flexibility index (Phi) is 32.7. The molecule has 0 spiro atoms. The number of amides is 10. The highest BCUT2D eigenvalue weighted by molar-refractivity contribution is 5.98. The topological polar surface area (TPSA) is 514 Å². The molecule has 1 aromatic rings. The second-order valence-electron chi connectivity index (χ2n) is 20.9. The number of carbonyl (C=O) groups is 10. The Bertz CT molecular complexity index is 2290. The number of aliphatic hydroxyl groups excluding tert-OH is 1. The molecular weight excluding hydrogens is 1050 g/mol. The van der Waals surface area contributed by atoms with E-state index in [9.17, 15) is 58.2 Å². The summed E-state index contributed by atoms with van der Waals surface area (Å²) in [5, 5.41) is 40.9. The fourth-order valence-electron chi connectivity index (χ4n) is 7.92. The van der Waals surface area contributed by atoms with E-state index in [4.69, 9.17) is 40.1 Å². The maximum absolute atomic E-state index is 14.5. The Morgan fingerprint density at radius 3 is 1.28 bits per heavy atom. The second kappa shape index (κ2) is 37.2. The Balaban J connectivity index is 3.65. The number of nitrogens with zero attached hydrogens (tertiary/aromatic N) is 2. The highest BCUT2D eigenvalue weighted by Crippen LogP contribution is 2.15. The van der Waals surface area contributed by atoms with Crippen LogP contribution in [0.4, 0.5) is 0 Å². The van der Waals surface area contributed by atoms with Crippen LogP contribution in [0.15, 0.2) is 34.3 Å². The third kappa shape index (κ3) is 29.3. The standard InChI is InChI=1S/C52H91N17O12/c1-27(2)24-38(42(55)73)67-49(80)39(25-28(3)4)69-48(79)34(12-8-9-21-53)64-47(78)36(14-11-23-61-52(58)59)65-50(81)40(26-32-15-17-33(71)18-16-32)68-44(75)30(6)62-45(76)37(19-20-41(54)72)66-46(77)35(13-10-22-60-51(56)57)63-43(74)29(5)31(7)70/h15-18,27-31,34-40,70-71H,8-14,19-26,53H2,1-7H3,(H2,54,72)(H2,55,73)(H,62,76)(H,63,74)(H,64,78)(H,65,81)(H,66,77)(H,67,80)(H,68,75)(H,69,79)(H4,56,57,60)(H4,58,59,61)/t29-,30-,31+,34-,35-,36-,37-,38-,39-,40-/m0/s1. The molecule has 0 heterocycles. The molecule has 0 aliphatic heterocycles. The molecule has 0 fully saturated rings. The van der Waals surface area contributed by atoms with Crippen molar-refractivity contribution in [3.63, 3.8) is 0 Å². The van der Waals surface area contributed by atoms with Crippen molar-refractivity contribution in [2.75, 3.05) is 19.6 Å². The third-order valence-electron chi connectivity index (χ3n) is 12.7. The lowest BCUT2D eigenvalue weighted by Gasteiger charge is -2.28. The zero-order valence-corrected chi connectivity index (χ0v) is 47.8. The first-order valence-electron chi connectivity index (χ1n) is 27.2. The number of primary amides is 2. The number of phenolic OH excluding ortho intramolecular Hbond substituents is 1. The van der Waals surface area contributed by atoms with Crippen molar-refractivity contribution >= 4 is 71.0 Å². The molecule has 0 aromatic heterocycles. The van der Waals surface area contributed by atoms with E-state index >= 15 is 0 Å². The van der Waals surface area contributed by atoms with Crippen LogP contribution in [0, 0.1) is 17.8 Å². The van der Waals surface area contributed by atoms with E-state index in [2.05, 4.69) is 52.5 Å². The molecule has 0 saturated heterocycles. The van der Waals surface area contributed by atoms with Crippen molar-refractivity contribution in [2.24, 2.45) is 67.9 Å².